The van der Waals surface area contributed by atoms with Crippen LogP contribution in [0.3, 0.4) is 0 Å². The number of nitrogens with zero attached hydrogens (tertiary/aromatic N) is 5. The van der Waals surface area contributed by atoms with Gasteiger partial charge in [0.1, 0.15) is 12.1 Å². The third-order valence-electron chi connectivity index (χ3n) is 6.31. The predicted molar refractivity (Wildman–Crippen MR) is 161 cm³/mol. The molecule has 216 valence electrons. The molecule has 0 bridgehead atoms. The second kappa shape index (κ2) is 12.3. The number of thiocarbonyl (C=S) groups is 1. The van der Waals surface area contributed by atoms with Crippen molar-refractivity contribution in [3.05, 3.63) is 89.7 Å². The Hall–Kier alpha value is -4.23. The molecule has 0 unspecified atom stereocenters. The van der Waals surface area contributed by atoms with Gasteiger partial charge in [0.2, 0.25) is 5.91 Å². The lowest BCUT2D eigenvalue weighted by molar-refractivity contribution is -0.274. The van der Waals surface area contributed by atoms with Crippen molar-refractivity contribution < 1.29 is 22.7 Å². The average molecular weight is 611 g/mol. The molecular formula is C29H25F3N6O2S2. The minimum absolute atomic E-state index is 0.0269. The number of anilines is 1. The van der Waals surface area contributed by atoms with Crippen molar-refractivity contribution in [3.8, 4) is 22.8 Å². The van der Waals surface area contributed by atoms with Gasteiger partial charge >= 0.3 is 6.36 Å². The van der Waals surface area contributed by atoms with Crippen molar-refractivity contribution in [3.63, 3.8) is 0 Å². The molecule has 0 aliphatic carbocycles. The fourth-order valence-corrected chi connectivity index (χ4v) is 5.34. The Bertz CT molecular complexity index is 1640. The standard InChI is InChI=1S/C29H25F3N6O2S2/c1-3-20-7-4-18(2)14-24(20)38-25(39)16-42-28(38)35-27(41)33-15-19-5-8-21(9-6-19)26-34-17-37(36-26)22-10-12-23(13-11-22)40-29(30,31)32/h4-14,17H,3,15-16H2,1-2H3,(H,33,41)/b35-28-. The fraction of sp³-hybridized carbons (Fsp3) is 0.207. The van der Waals surface area contributed by atoms with E-state index >= 15 is 0 Å². The van der Waals surface area contributed by atoms with Crippen molar-refractivity contribution in [1.82, 2.24) is 20.1 Å². The summed E-state index contributed by atoms with van der Waals surface area (Å²) in [6.07, 6.45) is -2.48. The normalized spacial score (nSPS) is 14.5. The first-order valence-corrected chi connectivity index (χ1v) is 14.3. The maximum absolute atomic E-state index is 12.7. The Morgan fingerprint density at radius 3 is 2.55 bits per heavy atom. The number of thioether (sulfide) groups is 1. The van der Waals surface area contributed by atoms with E-state index in [9.17, 15) is 18.0 Å². The molecule has 0 radical (unpaired) electrons. The van der Waals surface area contributed by atoms with Gasteiger partial charge in [-0.25, -0.2) is 9.67 Å². The molecule has 2 heterocycles. The number of alkyl halides is 3. The Kier molecular flexibility index (Phi) is 8.59. The van der Waals surface area contributed by atoms with E-state index in [2.05, 4.69) is 32.1 Å². The van der Waals surface area contributed by atoms with E-state index < -0.39 is 6.36 Å². The summed E-state index contributed by atoms with van der Waals surface area (Å²) in [7, 11) is 0. The molecule has 1 saturated heterocycles. The number of amidine groups is 1. The fourth-order valence-electron chi connectivity index (χ4n) is 4.26. The highest BCUT2D eigenvalue weighted by molar-refractivity contribution is 8.15. The van der Waals surface area contributed by atoms with Crippen molar-refractivity contribution in [1.29, 1.82) is 0 Å². The molecule has 1 amide bonds. The largest absolute Gasteiger partial charge is 0.573 e. The average Bonchev–Trinajstić information content (AvgIpc) is 3.59. The van der Waals surface area contributed by atoms with Crippen LogP contribution in [0.4, 0.5) is 18.9 Å². The summed E-state index contributed by atoms with van der Waals surface area (Å²) in [4.78, 5) is 23.2. The number of halogens is 3. The smallest absolute Gasteiger partial charge is 0.406 e. The first-order valence-electron chi connectivity index (χ1n) is 12.9. The van der Waals surface area contributed by atoms with Gasteiger partial charge in [-0.05, 0) is 72.6 Å². The van der Waals surface area contributed by atoms with Gasteiger partial charge in [-0.3, -0.25) is 9.69 Å². The number of hydrogen-bond acceptors (Lipinski definition) is 6. The lowest BCUT2D eigenvalue weighted by Gasteiger charge is -2.20. The Morgan fingerprint density at radius 1 is 1.12 bits per heavy atom. The Balaban J connectivity index is 1.21. The summed E-state index contributed by atoms with van der Waals surface area (Å²) in [5, 5.41) is 8.39. The minimum Gasteiger partial charge on any atom is -0.406 e. The number of carbonyl (C=O) groups excluding carboxylic acids is 1. The molecule has 0 saturated carbocycles. The lowest BCUT2D eigenvalue weighted by Crippen LogP contribution is -2.32. The zero-order chi connectivity index (χ0) is 29.9. The SMILES string of the molecule is CCc1ccc(C)cc1N1C(=O)CS/C1=N\C(=S)NCc1ccc(-c2ncn(-c3ccc(OC(F)(F)F)cc3)n2)cc1. The molecule has 0 spiro atoms. The molecule has 13 heteroatoms. The molecular weight excluding hydrogens is 585 g/mol. The number of hydrogen-bond donors (Lipinski definition) is 1. The third kappa shape index (κ3) is 6.97. The zero-order valence-electron chi connectivity index (χ0n) is 22.6. The van der Waals surface area contributed by atoms with Crippen molar-refractivity contribution in [2.75, 3.05) is 10.7 Å². The molecule has 4 aromatic rings. The van der Waals surface area contributed by atoms with Crippen LogP contribution in [-0.4, -0.2) is 43.1 Å². The van der Waals surface area contributed by atoms with E-state index in [4.69, 9.17) is 12.2 Å². The number of nitrogens with one attached hydrogen (secondary N) is 1. The van der Waals surface area contributed by atoms with Crippen molar-refractivity contribution in [2.45, 2.75) is 33.2 Å². The van der Waals surface area contributed by atoms with Gasteiger partial charge < -0.3 is 10.1 Å². The second-order valence-corrected chi connectivity index (χ2v) is 10.6. The van der Waals surface area contributed by atoms with E-state index in [0.29, 0.717) is 29.0 Å². The molecule has 1 N–H and O–H groups in total. The topological polar surface area (TPSA) is 84.6 Å². The molecule has 42 heavy (non-hydrogen) atoms. The maximum atomic E-state index is 12.7. The molecule has 1 aliphatic rings. The highest BCUT2D eigenvalue weighted by Gasteiger charge is 2.32. The number of aliphatic imine (C=N–C) groups is 1. The van der Waals surface area contributed by atoms with Crippen LogP contribution in [-0.2, 0) is 17.8 Å². The van der Waals surface area contributed by atoms with Crippen LogP contribution >= 0.6 is 24.0 Å². The highest BCUT2D eigenvalue weighted by atomic mass is 32.2. The van der Waals surface area contributed by atoms with Gasteiger partial charge in [-0.15, -0.1) is 18.3 Å². The summed E-state index contributed by atoms with van der Waals surface area (Å²) in [5.41, 5.74) is 5.21. The van der Waals surface area contributed by atoms with Gasteiger partial charge in [0, 0.05) is 12.1 Å². The molecule has 0 atom stereocenters. The van der Waals surface area contributed by atoms with Gasteiger partial charge in [-0.1, -0.05) is 55.1 Å². The minimum atomic E-state index is -4.75. The molecule has 3 aromatic carbocycles. The predicted octanol–water partition coefficient (Wildman–Crippen LogP) is 6.21. The molecule has 8 nitrogen and oxygen atoms in total. The van der Waals surface area contributed by atoms with Gasteiger partial charge in [0.25, 0.3) is 0 Å². The van der Waals surface area contributed by atoms with Crippen LogP contribution in [0.5, 0.6) is 5.75 Å². The van der Waals surface area contributed by atoms with Crippen molar-refractivity contribution >= 4 is 45.9 Å². The molecule has 1 fully saturated rings. The monoisotopic (exact) mass is 610 g/mol. The number of aryl methyl sites for hydroxylation is 2. The van der Waals surface area contributed by atoms with Crippen LogP contribution in [0.1, 0.15) is 23.6 Å². The molecule has 5 rings (SSSR count). The van der Waals surface area contributed by atoms with Crippen LogP contribution in [0.15, 0.2) is 78.0 Å². The number of rotatable bonds is 7. The summed E-state index contributed by atoms with van der Waals surface area (Å²) >= 11 is 6.83. The maximum Gasteiger partial charge on any atom is 0.573 e. The lowest BCUT2D eigenvalue weighted by atomic mass is 10.1. The van der Waals surface area contributed by atoms with Gasteiger partial charge in [0.15, 0.2) is 16.1 Å². The van der Waals surface area contributed by atoms with E-state index in [1.54, 1.807) is 4.90 Å². The van der Waals surface area contributed by atoms with Gasteiger partial charge in [0.05, 0.1) is 17.1 Å². The van der Waals surface area contributed by atoms with Crippen LogP contribution < -0.4 is 15.0 Å². The van der Waals surface area contributed by atoms with E-state index in [1.807, 2.05) is 49.4 Å². The molecule has 1 aromatic heterocycles. The van der Waals surface area contributed by atoms with Crippen LogP contribution in [0.25, 0.3) is 17.1 Å². The number of amides is 1. The van der Waals surface area contributed by atoms with E-state index in [0.717, 1.165) is 34.4 Å². The van der Waals surface area contributed by atoms with Crippen molar-refractivity contribution in [2.24, 2.45) is 4.99 Å². The second-order valence-electron chi connectivity index (χ2n) is 9.31. The quantitative estimate of drug-likeness (QED) is 0.249. The van der Waals surface area contributed by atoms with Crippen LogP contribution in [0.2, 0.25) is 0 Å². The van der Waals surface area contributed by atoms with Gasteiger partial charge in [-0.2, -0.15) is 4.99 Å². The Labute approximate surface area is 249 Å². The van der Waals surface area contributed by atoms with E-state index in [1.165, 1.54) is 47.0 Å². The third-order valence-corrected chi connectivity index (χ3v) is 7.47. The van der Waals surface area contributed by atoms with E-state index in [-0.39, 0.29) is 16.8 Å². The number of benzene rings is 3. The van der Waals surface area contributed by atoms with Crippen LogP contribution in [0, 0.1) is 6.92 Å². The zero-order valence-corrected chi connectivity index (χ0v) is 24.2. The summed E-state index contributed by atoms with van der Waals surface area (Å²) in [6.45, 7) is 4.47. The molecule has 1 aliphatic heterocycles. The summed E-state index contributed by atoms with van der Waals surface area (Å²) in [5.74, 6) is 0.423. The Morgan fingerprint density at radius 2 is 1.86 bits per heavy atom. The number of carbonyl (C=O) groups is 1. The number of ether oxygens (including phenoxy) is 1. The summed E-state index contributed by atoms with van der Waals surface area (Å²) < 4.78 is 42.6. The highest BCUT2D eigenvalue weighted by Crippen LogP contribution is 2.31. The first-order chi connectivity index (χ1) is 20.1. The summed E-state index contributed by atoms with van der Waals surface area (Å²) in [6, 6.07) is 19.0. The number of aromatic nitrogens is 3. The first kappa shape index (κ1) is 29.3.